The molecule has 0 aliphatic carbocycles. The van der Waals surface area contributed by atoms with E-state index in [4.69, 9.17) is 14.9 Å². The van der Waals surface area contributed by atoms with Crippen LogP contribution in [0.3, 0.4) is 0 Å². The van der Waals surface area contributed by atoms with E-state index in [1.165, 1.54) is 6.92 Å². The molecule has 22 heavy (non-hydrogen) atoms. The van der Waals surface area contributed by atoms with Crippen LogP contribution in [0.4, 0.5) is 0 Å². The fourth-order valence-corrected chi connectivity index (χ4v) is 2.61. The predicted octanol–water partition coefficient (Wildman–Crippen LogP) is 1.32. The Hall–Kier alpha value is -0.600. The second kappa shape index (κ2) is 11.0. The first kappa shape index (κ1) is 21.4. The van der Waals surface area contributed by atoms with Crippen LogP contribution in [0.5, 0.6) is 0 Å². The third-order valence-corrected chi connectivity index (χ3v) is 3.84. The molecule has 0 rings (SSSR count). The highest BCUT2D eigenvalue weighted by Crippen LogP contribution is 2.38. The van der Waals surface area contributed by atoms with E-state index in [1.54, 1.807) is 0 Å². The van der Waals surface area contributed by atoms with E-state index in [-0.39, 0.29) is 6.42 Å². The number of hydrogen-bond donors (Lipinski definition) is 5. The summed E-state index contributed by atoms with van der Waals surface area (Å²) in [5, 5.41) is 11.2. The summed E-state index contributed by atoms with van der Waals surface area (Å²) in [6, 6.07) is -1.51. The van der Waals surface area contributed by atoms with Gasteiger partial charge in [0.25, 0.3) is 0 Å². The van der Waals surface area contributed by atoms with E-state index in [0.717, 1.165) is 31.4 Å². The van der Waals surface area contributed by atoms with Crippen LogP contribution in [0, 0.1) is 0 Å². The van der Waals surface area contributed by atoms with Crippen molar-refractivity contribution in [2.75, 3.05) is 5.75 Å². The van der Waals surface area contributed by atoms with Crippen molar-refractivity contribution >= 4 is 32.3 Å². The molecule has 0 aliphatic rings. The van der Waals surface area contributed by atoms with Gasteiger partial charge in [-0.2, -0.15) is 12.6 Å². The molecule has 0 radical (unpaired) electrons. The summed E-state index contributed by atoms with van der Waals surface area (Å²) < 4.78 is 15.0. The Balaban J connectivity index is 4.19. The molecule has 4 N–H and O–H groups in total. The van der Waals surface area contributed by atoms with Gasteiger partial charge in [-0.05, 0) is 25.5 Å². The Morgan fingerprint density at radius 3 is 2.23 bits per heavy atom. The van der Waals surface area contributed by atoms with Gasteiger partial charge in [-0.3, -0.25) is 9.32 Å². The quantitative estimate of drug-likeness (QED) is 0.202. The molecule has 0 spiro atoms. The zero-order chi connectivity index (χ0) is 17.2. The predicted molar refractivity (Wildman–Crippen MR) is 83.7 cm³/mol. The van der Waals surface area contributed by atoms with Crippen molar-refractivity contribution in [1.29, 1.82) is 0 Å². The largest absolute Gasteiger partial charge is 0.480 e. The van der Waals surface area contributed by atoms with Crippen LogP contribution in [0.25, 0.3) is 0 Å². The highest BCUT2D eigenvalue weighted by Gasteiger charge is 2.32. The lowest BCUT2D eigenvalue weighted by Gasteiger charge is -2.21. The molecule has 0 aromatic carbocycles. The Kier molecular flexibility index (Phi) is 10.7. The number of hydrogen-bond acceptors (Lipinski definition) is 5. The van der Waals surface area contributed by atoms with Crippen molar-refractivity contribution in [2.24, 2.45) is 0 Å². The number of carboxylic acids is 1. The van der Waals surface area contributed by atoms with Gasteiger partial charge in [-0.15, -0.1) is 0 Å². The van der Waals surface area contributed by atoms with Gasteiger partial charge in [0.1, 0.15) is 0 Å². The van der Waals surface area contributed by atoms with Gasteiger partial charge in [-0.1, -0.05) is 19.3 Å². The molecule has 0 bridgehead atoms. The molecule has 0 heterocycles. The van der Waals surface area contributed by atoms with E-state index >= 15 is 0 Å². The number of carbonyl (C=O) groups excluding carboxylic acids is 1. The molecule has 8 nitrogen and oxygen atoms in total. The lowest BCUT2D eigenvalue weighted by atomic mass is 10.1. The molecular weight excluding hydrogens is 333 g/mol. The summed E-state index contributed by atoms with van der Waals surface area (Å²) in [5.41, 5.74) is 0. The van der Waals surface area contributed by atoms with E-state index in [0.29, 0.717) is 6.42 Å². The standard InChI is InChI=1S/C12H24NO7PS/c1-9(20-21(17,18)19)11(12(15)16)13-10(14)7-5-3-2-4-6-8-22/h9,11,22H,2-8H2,1H3,(H,13,14)(H,15,16)(H2,17,18,19)/t9-,11+/m1/s1. The van der Waals surface area contributed by atoms with Gasteiger partial charge in [0, 0.05) is 6.42 Å². The van der Waals surface area contributed by atoms with Crippen molar-refractivity contribution in [2.45, 2.75) is 57.6 Å². The van der Waals surface area contributed by atoms with E-state index < -0.39 is 31.8 Å². The molecule has 0 saturated carbocycles. The summed E-state index contributed by atoms with van der Waals surface area (Å²) in [6.45, 7) is 1.18. The van der Waals surface area contributed by atoms with Gasteiger partial charge in [0.2, 0.25) is 5.91 Å². The fourth-order valence-electron chi connectivity index (χ4n) is 1.83. The number of thiol groups is 1. The average molecular weight is 357 g/mol. The number of unbranched alkanes of at least 4 members (excludes halogenated alkanes) is 4. The van der Waals surface area contributed by atoms with Crippen LogP contribution in [0.1, 0.15) is 45.4 Å². The van der Waals surface area contributed by atoms with Crippen LogP contribution in [-0.4, -0.2) is 44.7 Å². The molecule has 0 aliphatic heterocycles. The smallest absolute Gasteiger partial charge is 0.469 e. The van der Waals surface area contributed by atoms with E-state index in [1.807, 2.05) is 0 Å². The Morgan fingerprint density at radius 2 is 1.73 bits per heavy atom. The van der Waals surface area contributed by atoms with Gasteiger partial charge >= 0.3 is 13.8 Å². The number of carbonyl (C=O) groups is 2. The highest BCUT2D eigenvalue weighted by atomic mass is 32.1. The average Bonchev–Trinajstić information content (AvgIpc) is 2.37. The number of carboxylic acid groups (broad SMARTS) is 1. The number of rotatable bonds is 12. The minimum Gasteiger partial charge on any atom is -0.480 e. The first-order valence-corrected chi connectivity index (χ1v) is 9.20. The van der Waals surface area contributed by atoms with Gasteiger partial charge < -0.3 is 20.2 Å². The molecule has 0 unspecified atom stereocenters. The number of phosphoric ester groups is 1. The second-order valence-electron chi connectivity index (χ2n) is 4.93. The van der Waals surface area contributed by atoms with Gasteiger partial charge in [0.15, 0.2) is 6.04 Å². The number of aliphatic carboxylic acids is 1. The minimum atomic E-state index is -4.82. The monoisotopic (exact) mass is 357 g/mol. The molecular formula is C12H24NO7PS. The molecule has 0 aromatic heterocycles. The first-order chi connectivity index (χ1) is 10.2. The molecule has 130 valence electrons. The van der Waals surface area contributed by atoms with Gasteiger partial charge in [0.05, 0.1) is 6.10 Å². The summed E-state index contributed by atoms with van der Waals surface area (Å²) in [7, 11) is -4.82. The number of phosphoric acid groups is 1. The van der Waals surface area contributed by atoms with Crippen molar-refractivity contribution in [3.63, 3.8) is 0 Å². The summed E-state index contributed by atoms with van der Waals surface area (Å²) in [5.74, 6) is -1.07. The van der Waals surface area contributed by atoms with E-state index in [9.17, 15) is 14.2 Å². The molecule has 2 atom stereocenters. The van der Waals surface area contributed by atoms with Crippen LogP contribution in [0.15, 0.2) is 0 Å². The maximum atomic E-state index is 11.7. The van der Waals surface area contributed by atoms with Crippen LogP contribution >= 0.6 is 20.5 Å². The lowest BCUT2D eigenvalue weighted by Crippen LogP contribution is -2.48. The molecule has 0 saturated heterocycles. The third kappa shape index (κ3) is 11.0. The van der Waals surface area contributed by atoms with Crippen LogP contribution < -0.4 is 5.32 Å². The summed E-state index contributed by atoms with van der Waals surface area (Å²) >= 11 is 4.10. The van der Waals surface area contributed by atoms with Crippen LogP contribution in [-0.2, 0) is 18.7 Å². The SMILES string of the molecule is C[C@@H](OP(=O)(O)O)[C@H](NC(=O)CCCCCCCS)C(=O)O. The van der Waals surface area contributed by atoms with Crippen molar-refractivity contribution in [3.8, 4) is 0 Å². The fraction of sp³-hybridized carbons (Fsp3) is 0.833. The first-order valence-electron chi connectivity index (χ1n) is 7.04. The van der Waals surface area contributed by atoms with Crippen molar-refractivity contribution in [3.05, 3.63) is 0 Å². The maximum Gasteiger partial charge on any atom is 0.469 e. The maximum absolute atomic E-state index is 11.7. The topological polar surface area (TPSA) is 133 Å². The Bertz CT molecular complexity index is 401. The minimum absolute atomic E-state index is 0.160. The third-order valence-electron chi connectivity index (χ3n) is 2.92. The van der Waals surface area contributed by atoms with Crippen molar-refractivity contribution < 1.29 is 33.6 Å². The lowest BCUT2D eigenvalue weighted by molar-refractivity contribution is -0.144. The van der Waals surface area contributed by atoms with E-state index in [2.05, 4.69) is 22.5 Å². The highest BCUT2D eigenvalue weighted by molar-refractivity contribution is 7.80. The Labute approximate surface area is 135 Å². The number of nitrogens with one attached hydrogen (secondary N) is 1. The molecule has 0 aromatic rings. The zero-order valence-corrected chi connectivity index (χ0v) is 14.3. The second-order valence-corrected chi connectivity index (χ2v) is 6.57. The Morgan fingerprint density at radius 1 is 1.18 bits per heavy atom. The summed E-state index contributed by atoms with van der Waals surface area (Å²) in [4.78, 5) is 40.1. The summed E-state index contributed by atoms with van der Waals surface area (Å²) in [6.07, 6.45) is 3.33. The van der Waals surface area contributed by atoms with Crippen LogP contribution in [0.2, 0.25) is 0 Å². The number of amides is 1. The molecule has 1 amide bonds. The zero-order valence-electron chi connectivity index (χ0n) is 12.5. The molecule has 10 heteroatoms. The van der Waals surface area contributed by atoms with Crippen molar-refractivity contribution in [1.82, 2.24) is 5.32 Å². The molecule has 0 fully saturated rings. The normalized spacial score (nSPS) is 14.4. The van der Waals surface area contributed by atoms with Gasteiger partial charge in [-0.25, -0.2) is 9.36 Å².